The molecule has 2 atom stereocenters. The molecule has 0 spiro atoms. The molecular formula is C11H23N. The van der Waals surface area contributed by atoms with Gasteiger partial charge in [0, 0.05) is 0 Å². The van der Waals surface area contributed by atoms with Crippen LogP contribution in [0, 0.1) is 11.8 Å². The molecule has 0 amide bonds. The molecular weight excluding hydrogens is 146 g/mol. The maximum atomic E-state index is 3.54. The van der Waals surface area contributed by atoms with Crippen LogP contribution in [0.15, 0.2) is 0 Å². The predicted octanol–water partition coefficient (Wildman–Crippen LogP) is 2.81. The fourth-order valence-electron chi connectivity index (χ4n) is 2.22. The second-order valence-electron chi connectivity index (χ2n) is 4.23. The van der Waals surface area contributed by atoms with Gasteiger partial charge in [-0.05, 0) is 37.8 Å². The van der Waals surface area contributed by atoms with E-state index in [2.05, 4.69) is 19.2 Å². The van der Waals surface area contributed by atoms with E-state index in [9.17, 15) is 0 Å². The molecule has 1 rings (SSSR count). The van der Waals surface area contributed by atoms with Gasteiger partial charge in [0.25, 0.3) is 0 Å². The van der Waals surface area contributed by atoms with Crippen LogP contribution in [-0.4, -0.2) is 13.1 Å². The van der Waals surface area contributed by atoms with Crippen molar-refractivity contribution in [3.63, 3.8) is 0 Å². The highest BCUT2D eigenvalue weighted by atomic mass is 14.9. The quantitative estimate of drug-likeness (QED) is 0.685. The molecule has 1 heteroatoms. The summed E-state index contributed by atoms with van der Waals surface area (Å²) >= 11 is 0. The lowest BCUT2D eigenvalue weighted by Gasteiger charge is -2.21. The smallest absolute Gasteiger partial charge is 0.00180 e. The van der Waals surface area contributed by atoms with Crippen molar-refractivity contribution in [2.24, 2.45) is 11.8 Å². The second-order valence-corrected chi connectivity index (χ2v) is 4.23. The molecule has 1 saturated heterocycles. The Morgan fingerprint density at radius 1 is 1.42 bits per heavy atom. The van der Waals surface area contributed by atoms with E-state index in [0.29, 0.717) is 0 Å². The molecule has 1 aliphatic heterocycles. The summed E-state index contributed by atoms with van der Waals surface area (Å²) in [7, 11) is 0. The van der Waals surface area contributed by atoms with Crippen LogP contribution in [0.25, 0.3) is 0 Å². The molecule has 1 aliphatic rings. The van der Waals surface area contributed by atoms with Crippen LogP contribution in [0.2, 0.25) is 0 Å². The molecule has 0 saturated carbocycles. The van der Waals surface area contributed by atoms with Crippen LogP contribution in [-0.2, 0) is 0 Å². The van der Waals surface area contributed by atoms with Gasteiger partial charge in [0.1, 0.15) is 0 Å². The third-order valence-corrected chi connectivity index (χ3v) is 3.13. The molecule has 12 heavy (non-hydrogen) atoms. The zero-order chi connectivity index (χ0) is 8.81. The van der Waals surface area contributed by atoms with Gasteiger partial charge in [0.05, 0.1) is 0 Å². The highest BCUT2D eigenvalue weighted by Gasteiger charge is 2.17. The Labute approximate surface area is 76.9 Å². The number of hydrogen-bond acceptors (Lipinski definition) is 1. The largest absolute Gasteiger partial charge is 0.316 e. The maximum absolute atomic E-state index is 3.54. The Kier molecular flexibility index (Phi) is 4.67. The van der Waals surface area contributed by atoms with Gasteiger partial charge in [-0.3, -0.25) is 0 Å². The minimum absolute atomic E-state index is 0.931. The number of hydrogen-bond donors (Lipinski definition) is 1. The van der Waals surface area contributed by atoms with Crippen molar-refractivity contribution < 1.29 is 0 Å². The first-order valence-electron chi connectivity index (χ1n) is 5.55. The van der Waals surface area contributed by atoms with E-state index in [1.165, 1.54) is 45.2 Å². The average molecular weight is 169 g/mol. The highest BCUT2D eigenvalue weighted by Crippen LogP contribution is 2.23. The van der Waals surface area contributed by atoms with E-state index in [1.54, 1.807) is 0 Å². The summed E-state index contributed by atoms with van der Waals surface area (Å²) < 4.78 is 0. The highest BCUT2D eigenvalue weighted by molar-refractivity contribution is 4.72. The van der Waals surface area contributed by atoms with Gasteiger partial charge in [-0.1, -0.05) is 33.1 Å². The third-order valence-electron chi connectivity index (χ3n) is 3.13. The van der Waals surface area contributed by atoms with E-state index < -0.39 is 0 Å². The standard InChI is InChI=1S/C11H23N/c1-3-6-10(2)11-7-4-5-8-12-9-11/h10-12H,3-9H2,1-2H3. The van der Waals surface area contributed by atoms with Gasteiger partial charge in [0.2, 0.25) is 0 Å². The zero-order valence-electron chi connectivity index (χ0n) is 8.60. The molecule has 72 valence electrons. The van der Waals surface area contributed by atoms with E-state index in [0.717, 1.165) is 11.8 Å². The molecule has 0 aromatic carbocycles. The fraction of sp³-hybridized carbons (Fsp3) is 1.00. The summed E-state index contributed by atoms with van der Waals surface area (Å²) in [5.74, 6) is 1.88. The predicted molar refractivity (Wildman–Crippen MR) is 54.3 cm³/mol. The average Bonchev–Trinajstić information content (AvgIpc) is 2.32. The van der Waals surface area contributed by atoms with E-state index in [4.69, 9.17) is 0 Å². The monoisotopic (exact) mass is 169 g/mol. The molecule has 0 aliphatic carbocycles. The normalized spacial score (nSPS) is 28.0. The Morgan fingerprint density at radius 2 is 2.25 bits per heavy atom. The summed E-state index contributed by atoms with van der Waals surface area (Å²) in [6, 6.07) is 0. The van der Waals surface area contributed by atoms with E-state index in [-0.39, 0.29) is 0 Å². The topological polar surface area (TPSA) is 12.0 Å². The van der Waals surface area contributed by atoms with Gasteiger partial charge in [-0.15, -0.1) is 0 Å². The minimum atomic E-state index is 0.931. The molecule has 0 aromatic heterocycles. The molecule has 1 N–H and O–H groups in total. The summed E-state index contributed by atoms with van der Waals surface area (Å²) in [4.78, 5) is 0. The Morgan fingerprint density at radius 3 is 3.00 bits per heavy atom. The van der Waals surface area contributed by atoms with Crippen LogP contribution < -0.4 is 5.32 Å². The molecule has 2 unspecified atom stereocenters. The Hall–Kier alpha value is -0.0400. The van der Waals surface area contributed by atoms with Crippen LogP contribution in [0.5, 0.6) is 0 Å². The van der Waals surface area contributed by atoms with E-state index in [1.807, 2.05) is 0 Å². The summed E-state index contributed by atoms with van der Waals surface area (Å²) in [5.41, 5.74) is 0. The molecule has 0 aromatic rings. The van der Waals surface area contributed by atoms with Crippen LogP contribution >= 0.6 is 0 Å². The molecule has 0 bridgehead atoms. The maximum Gasteiger partial charge on any atom is -0.00180 e. The lowest BCUT2D eigenvalue weighted by atomic mass is 9.87. The summed E-state index contributed by atoms with van der Waals surface area (Å²) in [6.45, 7) is 7.22. The SMILES string of the molecule is CCCC(C)C1CCCCNC1. The van der Waals surface area contributed by atoms with Crippen molar-refractivity contribution in [3.05, 3.63) is 0 Å². The minimum Gasteiger partial charge on any atom is -0.316 e. The van der Waals surface area contributed by atoms with Crippen molar-refractivity contribution >= 4 is 0 Å². The number of rotatable bonds is 3. The van der Waals surface area contributed by atoms with Gasteiger partial charge in [-0.25, -0.2) is 0 Å². The first-order chi connectivity index (χ1) is 5.84. The summed E-state index contributed by atoms with van der Waals surface area (Å²) in [5, 5.41) is 3.54. The van der Waals surface area contributed by atoms with Crippen molar-refractivity contribution in [1.82, 2.24) is 5.32 Å². The van der Waals surface area contributed by atoms with Crippen molar-refractivity contribution in [1.29, 1.82) is 0 Å². The molecule has 1 heterocycles. The fourth-order valence-corrected chi connectivity index (χ4v) is 2.22. The van der Waals surface area contributed by atoms with E-state index >= 15 is 0 Å². The van der Waals surface area contributed by atoms with Crippen molar-refractivity contribution in [3.8, 4) is 0 Å². The zero-order valence-corrected chi connectivity index (χ0v) is 8.60. The van der Waals surface area contributed by atoms with Gasteiger partial charge in [-0.2, -0.15) is 0 Å². The summed E-state index contributed by atoms with van der Waals surface area (Å²) in [6.07, 6.45) is 7.03. The Bertz CT molecular complexity index is 104. The lowest BCUT2D eigenvalue weighted by Crippen LogP contribution is -2.25. The third kappa shape index (κ3) is 3.14. The van der Waals surface area contributed by atoms with Crippen molar-refractivity contribution in [2.45, 2.75) is 46.0 Å². The van der Waals surface area contributed by atoms with Crippen LogP contribution in [0.1, 0.15) is 46.0 Å². The van der Waals surface area contributed by atoms with Gasteiger partial charge < -0.3 is 5.32 Å². The first kappa shape index (κ1) is 10.0. The van der Waals surface area contributed by atoms with Crippen LogP contribution in [0.3, 0.4) is 0 Å². The number of nitrogens with one attached hydrogen (secondary N) is 1. The molecule has 0 radical (unpaired) electrons. The second kappa shape index (κ2) is 5.58. The first-order valence-corrected chi connectivity index (χ1v) is 5.55. The Balaban J connectivity index is 2.27. The van der Waals surface area contributed by atoms with Gasteiger partial charge in [0.15, 0.2) is 0 Å². The van der Waals surface area contributed by atoms with Crippen LogP contribution in [0.4, 0.5) is 0 Å². The van der Waals surface area contributed by atoms with Gasteiger partial charge >= 0.3 is 0 Å². The van der Waals surface area contributed by atoms with Crippen molar-refractivity contribution in [2.75, 3.05) is 13.1 Å². The lowest BCUT2D eigenvalue weighted by molar-refractivity contribution is 0.315. The molecule has 1 fully saturated rings. The molecule has 1 nitrogen and oxygen atoms in total.